The second-order valence-electron chi connectivity index (χ2n) is 6.47. The van der Waals surface area contributed by atoms with E-state index in [0.29, 0.717) is 6.54 Å². The number of carbonyl (C=O) groups is 1. The molecule has 22 heavy (non-hydrogen) atoms. The van der Waals surface area contributed by atoms with Crippen molar-refractivity contribution in [1.82, 2.24) is 9.80 Å². The number of benzene rings is 1. The quantitative estimate of drug-likeness (QED) is 0.796. The first-order valence-electron chi connectivity index (χ1n) is 12.4. The van der Waals surface area contributed by atoms with Gasteiger partial charge in [0.1, 0.15) is 0 Å². The Bertz CT molecular complexity index is 973. The molecule has 2 bridgehead atoms. The highest BCUT2D eigenvalue weighted by molar-refractivity contribution is 5.97. The Hall–Kier alpha value is -1.35. The molecular formula is C19H24N2O. The van der Waals surface area contributed by atoms with Gasteiger partial charge >= 0.3 is 0 Å². The van der Waals surface area contributed by atoms with Gasteiger partial charge < -0.3 is 9.80 Å². The third kappa shape index (κ3) is 1.81. The van der Waals surface area contributed by atoms with Crippen LogP contribution in [0.25, 0.3) is 0 Å². The van der Waals surface area contributed by atoms with E-state index in [9.17, 15) is 6.17 Å². The van der Waals surface area contributed by atoms with Gasteiger partial charge in [0, 0.05) is 40.1 Å². The summed E-state index contributed by atoms with van der Waals surface area (Å²) in [7, 11) is 0. The summed E-state index contributed by atoms with van der Waals surface area (Å²) >= 11 is 0. The number of piperidine rings is 3. The van der Waals surface area contributed by atoms with Crippen LogP contribution >= 0.6 is 0 Å². The fourth-order valence-corrected chi connectivity index (χ4v) is 4.17. The summed E-state index contributed by atoms with van der Waals surface area (Å²) < 4.78 is 77.7. The Morgan fingerprint density at radius 2 is 2.14 bits per heavy atom. The Morgan fingerprint density at radius 1 is 1.27 bits per heavy atom. The van der Waals surface area contributed by atoms with Crippen LogP contribution < -0.4 is 0 Å². The molecule has 1 aromatic rings. The first-order valence-corrected chi connectivity index (χ1v) is 7.91. The van der Waals surface area contributed by atoms with Crippen molar-refractivity contribution < 1.29 is 17.1 Å². The molecule has 0 N–H and O–H groups in total. The van der Waals surface area contributed by atoms with E-state index in [1.54, 1.807) is 0 Å². The summed E-state index contributed by atoms with van der Waals surface area (Å²) in [6.45, 7) is -0.757. The summed E-state index contributed by atoms with van der Waals surface area (Å²) in [6, 6.07) is 3.46. The van der Waals surface area contributed by atoms with Gasteiger partial charge in [-0.25, -0.2) is 0 Å². The molecule has 2 atom stereocenters. The molecule has 6 rings (SSSR count). The molecule has 3 nitrogen and oxygen atoms in total. The molecule has 0 saturated carbocycles. The minimum Gasteiger partial charge on any atom is -0.333 e. The molecule has 3 saturated heterocycles. The predicted molar refractivity (Wildman–Crippen MR) is 86.1 cm³/mol. The number of amides is 1. The van der Waals surface area contributed by atoms with Crippen LogP contribution in [-0.4, -0.2) is 47.9 Å². The molecule has 116 valence electrons. The number of hydrogen-bond acceptors (Lipinski definition) is 2. The average molecular weight is 305 g/mol. The molecule has 5 aliphatic rings. The van der Waals surface area contributed by atoms with Gasteiger partial charge in [0.25, 0.3) is 5.91 Å². The molecule has 3 heteroatoms. The second-order valence-corrected chi connectivity index (χ2v) is 6.47. The maximum Gasteiger partial charge on any atom is 0.254 e. The summed E-state index contributed by atoms with van der Waals surface area (Å²) in [5.41, 5.74) is -0.805. The maximum absolute atomic E-state index is 13.6. The van der Waals surface area contributed by atoms with Gasteiger partial charge in [0.15, 0.2) is 0 Å². The van der Waals surface area contributed by atoms with E-state index in [0.717, 1.165) is 30.8 Å². The highest BCUT2D eigenvalue weighted by Crippen LogP contribution is 2.41. The van der Waals surface area contributed by atoms with Crippen molar-refractivity contribution in [2.75, 3.05) is 26.1 Å². The van der Waals surface area contributed by atoms with Gasteiger partial charge in [0.2, 0.25) is 0 Å². The number of rotatable bonds is 1. The number of fused-ring (bicyclic) bond motifs is 3. The minimum absolute atomic E-state index is 0.0232. The predicted octanol–water partition coefficient (Wildman–Crippen LogP) is 2.66. The van der Waals surface area contributed by atoms with E-state index < -0.39 is 43.5 Å². The van der Waals surface area contributed by atoms with E-state index in [-0.39, 0.29) is 22.6 Å². The van der Waals surface area contributed by atoms with Gasteiger partial charge in [-0.15, -0.1) is 0 Å². The highest BCUT2D eigenvalue weighted by Gasteiger charge is 2.43. The monoisotopic (exact) mass is 305 g/mol. The third-order valence-corrected chi connectivity index (χ3v) is 5.33. The number of nitrogens with zero attached hydrogens (tertiary/aromatic N) is 2. The minimum atomic E-state index is -3.26. The van der Waals surface area contributed by atoms with Crippen molar-refractivity contribution in [3.05, 3.63) is 34.9 Å². The lowest BCUT2D eigenvalue weighted by Gasteiger charge is -2.51. The SMILES string of the molecule is [2H]C1([2H])c2cccc3c2[C@@]([2H])(C([2H])([2H])N([C@@H]2CN4CCC2CC4)C3=O)C([2H])([2H])C1([2H])[2H]. The van der Waals surface area contributed by atoms with Crippen LogP contribution in [-0.2, 0) is 6.37 Å². The molecule has 4 heterocycles. The molecule has 3 fully saturated rings. The number of hydrogen-bond donors (Lipinski definition) is 0. The van der Waals surface area contributed by atoms with Gasteiger partial charge in [-0.3, -0.25) is 4.79 Å². The topological polar surface area (TPSA) is 23.6 Å². The van der Waals surface area contributed by atoms with Crippen LogP contribution in [0.5, 0.6) is 0 Å². The standard InChI is InChI=1S/C19H24N2O/c22-19-16-6-2-4-14-3-1-5-15(18(14)16)11-21(19)17-12-20-9-7-13(17)8-10-20/h2,4,6,13,15,17H,1,3,5,7-12H2/t15-,17-/m1/s1/i1D2,3D2,5D2,11D2,15D. The van der Waals surface area contributed by atoms with Crippen LogP contribution in [0.15, 0.2) is 18.2 Å². The molecule has 4 aliphatic heterocycles. The molecule has 0 aromatic heterocycles. The third-order valence-electron chi connectivity index (χ3n) is 5.33. The van der Waals surface area contributed by atoms with Crippen molar-refractivity contribution in [2.45, 2.75) is 43.9 Å². The zero-order valence-corrected chi connectivity index (χ0v) is 12.2. The van der Waals surface area contributed by atoms with E-state index >= 15 is 0 Å². The second kappa shape index (κ2) is 4.82. The lowest BCUT2D eigenvalue weighted by atomic mass is 9.75. The van der Waals surface area contributed by atoms with Crippen LogP contribution in [0.2, 0.25) is 0 Å². The fraction of sp³-hybridized carbons (Fsp3) is 0.632. The number of aryl methyl sites for hydroxylation is 1. The van der Waals surface area contributed by atoms with Crippen molar-refractivity contribution in [3.8, 4) is 0 Å². The zero-order chi connectivity index (χ0) is 22.8. The molecule has 1 aliphatic carbocycles. The molecule has 1 amide bonds. The van der Waals surface area contributed by atoms with Crippen molar-refractivity contribution in [1.29, 1.82) is 0 Å². The molecular weight excluding hydrogens is 272 g/mol. The van der Waals surface area contributed by atoms with Gasteiger partial charge in [-0.05, 0) is 68.2 Å². The zero-order valence-electron chi connectivity index (χ0n) is 21.2. The van der Waals surface area contributed by atoms with Crippen LogP contribution in [0, 0.1) is 5.92 Å². The molecule has 0 unspecified atom stereocenters. The van der Waals surface area contributed by atoms with E-state index in [1.807, 2.05) is 0 Å². The Morgan fingerprint density at radius 3 is 2.91 bits per heavy atom. The Kier molecular flexibility index (Phi) is 1.54. The first kappa shape index (κ1) is 7.04. The lowest BCUT2D eigenvalue weighted by molar-refractivity contribution is 0.00258. The van der Waals surface area contributed by atoms with E-state index in [1.165, 1.54) is 18.2 Å². The van der Waals surface area contributed by atoms with Gasteiger partial charge in [-0.2, -0.15) is 0 Å². The smallest absolute Gasteiger partial charge is 0.254 e. The van der Waals surface area contributed by atoms with Crippen molar-refractivity contribution >= 4 is 5.91 Å². The molecule has 0 spiro atoms. The summed E-state index contributed by atoms with van der Waals surface area (Å²) in [4.78, 5) is 16.7. The number of carbonyl (C=O) groups excluding carboxylic acids is 1. The average Bonchev–Trinajstić information content (AvgIpc) is 2.71. The highest BCUT2D eigenvalue weighted by atomic mass is 16.2. The fourth-order valence-electron chi connectivity index (χ4n) is 4.17. The molecule has 0 radical (unpaired) electrons. The van der Waals surface area contributed by atoms with Crippen molar-refractivity contribution in [3.63, 3.8) is 0 Å². The lowest BCUT2D eigenvalue weighted by Crippen LogP contribution is -2.60. The van der Waals surface area contributed by atoms with E-state index in [4.69, 9.17) is 11.0 Å². The summed E-state index contributed by atoms with van der Waals surface area (Å²) in [6.07, 6.45) is -7.76. The normalized spacial score (nSPS) is 54.9. The van der Waals surface area contributed by atoms with Gasteiger partial charge in [0.05, 0.1) is 2.74 Å². The first-order chi connectivity index (χ1) is 14.2. The van der Waals surface area contributed by atoms with Gasteiger partial charge in [-0.1, -0.05) is 12.1 Å². The maximum atomic E-state index is 13.6. The van der Waals surface area contributed by atoms with Crippen LogP contribution in [0.4, 0.5) is 0 Å². The summed E-state index contributed by atoms with van der Waals surface area (Å²) in [5.74, 6) is -3.51. The van der Waals surface area contributed by atoms with Crippen LogP contribution in [0.1, 0.15) is 65.3 Å². The Balaban J connectivity index is 1.81. The summed E-state index contributed by atoms with van der Waals surface area (Å²) in [5, 5.41) is 0. The Labute approximate surface area is 144 Å². The largest absolute Gasteiger partial charge is 0.333 e. The van der Waals surface area contributed by atoms with Crippen LogP contribution in [0.3, 0.4) is 0 Å². The van der Waals surface area contributed by atoms with E-state index in [2.05, 4.69) is 4.90 Å². The molecule has 1 aromatic carbocycles. The van der Waals surface area contributed by atoms with Crippen molar-refractivity contribution in [2.24, 2.45) is 5.92 Å².